The van der Waals surface area contributed by atoms with Crippen LogP contribution >= 0.6 is 0 Å². The van der Waals surface area contributed by atoms with Crippen LogP contribution < -0.4 is 14.4 Å². The third-order valence-electron chi connectivity index (χ3n) is 6.20. The summed E-state index contributed by atoms with van der Waals surface area (Å²) < 4.78 is 34.2. The lowest BCUT2D eigenvalue weighted by atomic mass is 10.1. The summed E-state index contributed by atoms with van der Waals surface area (Å²) in [7, 11) is -4.12. The van der Waals surface area contributed by atoms with Gasteiger partial charge in [0.2, 0.25) is 11.8 Å². The van der Waals surface area contributed by atoms with Gasteiger partial charge in [-0.2, -0.15) is 0 Å². The Morgan fingerprint density at radius 2 is 1.64 bits per heavy atom. The second-order valence-corrected chi connectivity index (χ2v) is 11.1. The smallest absolute Gasteiger partial charge is 0.264 e. The number of carbonyl (C=O) groups is 2. The number of carbonyl (C=O) groups excluding carboxylic acids is 2. The van der Waals surface area contributed by atoms with E-state index in [4.69, 9.17) is 4.74 Å². The van der Waals surface area contributed by atoms with Crippen molar-refractivity contribution in [3.63, 3.8) is 0 Å². The highest BCUT2D eigenvalue weighted by Gasteiger charge is 2.32. The van der Waals surface area contributed by atoms with E-state index in [1.165, 1.54) is 17.0 Å². The van der Waals surface area contributed by atoms with Crippen molar-refractivity contribution in [1.29, 1.82) is 0 Å². The standard InChI is InChI=1S/C30H37N3O5S/c1-5-19-31-30(35)24(4)32(21-25-12-10-11-23(3)20-25)29(34)22-33(26-13-8-7-9-14-26)39(36,37)28-17-15-27(16-18-28)38-6-2/h7-18,20,24H,5-6,19,21-22H2,1-4H3,(H,31,35)/t24-/m1/s1. The summed E-state index contributed by atoms with van der Waals surface area (Å²) in [4.78, 5) is 28.3. The molecule has 0 bridgehead atoms. The average molecular weight is 552 g/mol. The lowest BCUT2D eigenvalue weighted by molar-refractivity contribution is -0.139. The molecule has 8 nitrogen and oxygen atoms in total. The van der Waals surface area contributed by atoms with Gasteiger partial charge in [-0.3, -0.25) is 13.9 Å². The molecule has 0 spiro atoms. The average Bonchev–Trinajstić information content (AvgIpc) is 2.93. The molecule has 39 heavy (non-hydrogen) atoms. The molecule has 0 heterocycles. The predicted molar refractivity (Wildman–Crippen MR) is 153 cm³/mol. The molecule has 3 aromatic carbocycles. The van der Waals surface area contributed by atoms with Crippen molar-refractivity contribution in [1.82, 2.24) is 10.2 Å². The van der Waals surface area contributed by atoms with Gasteiger partial charge in [0.15, 0.2) is 0 Å². The summed E-state index contributed by atoms with van der Waals surface area (Å²) in [5.41, 5.74) is 2.21. The van der Waals surface area contributed by atoms with Crippen molar-refractivity contribution in [2.45, 2.75) is 51.6 Å². The van der Waals surface area contributed by atoms with Crippen molar-refractivity contribution in [2.75, 3.05) is 24.0 Å². The first-order valence-corrected chi connectivity index (χ1v) is 14.5. The Labute approximate surface area is 231 Å². The summed E-state index contributed by atoms with van der Waals surface area (Å²) in [5.74, 6) is -0.234. The van der Waals surface area contributed by atoms with E-state index in [1.807, 2.05) is 45.0 Å². The molecular formula is C30H37N3O5S. The van der Waals surface area contributed by atoms with Crippen molar-refractivity contribution in [3.05, 3.63) is 90.0 Å². The van der Waals surface area contributed by atoms with Crippen molar-refractivity contribution >= 4 is 27.5 Å². The van der Waals surface area contributed by atoms with Crippen LogP contribution in [0.15, 0.2) is 83.8 Å². The van der Waals surface area contributed by atoms with Gasteiger partial charge in [0.25, 0.3) is 10.0 Å². The maximum Gasteiger partial charge on any atom is 0.264 e. The van der Waals surface area contributed by atoms with Crippen LogP contribution in [0.3, 0.4) is 0 Å². The molecule has 208 valence electrons. The van der Waals surface area contributed by atoms with Gasteiger partial charge in [-0.1, -0.05) is 55.0 Å². The SMILES string of the molecule is CCCNC(=O)[C@@H](C)N(Cc1cccc(C)c1)C(=O)CN(c1ccccc1)S(=O)(=O)c1ccc(OCC)cc1. The lowest BCUT2D eigenvalue weighted by Crippen LogP contribution is -2.51. The fourth-order valence-corrected chi connectivity index (χ4v) is 5.52. The third-order valence-corrected chi connectivity index (χ3v) is 7.99. The maximum absolute atomic E-state index is 13.9. The Balaban J connectivity index is 1.98. The van der Waals surface area contributed by atoms with Gasteiger partial charge in [-0.25, -0.2) is 8.42 Å². The van der Waals surface area contributed by atoms with Gasteiger partial charge in [0.05, 0.1) is 17.2 Å². The van der Waals surface area contributed by atoms with E-state index < -0.39 is 28.5 Å². The second-order valence-electron chi connectivity index (χ2n) is 9.23. The van der Waals surface area contributed by atoms with E-state index in [0.717, 1.165) is 21.9 Å². The number of rotatable bonds is 13. The zero-order valence-corrected chi connectivity index (χ0v) is 23.8. The monoisotopic (exact) mass is 551 g/mol. The summed E-state index contributed by atoms with van der Waals surface area (Å²) in [6.45, 7) is 8.03. The number of benzene rings is 3. The third kappa shape index (κ3) is 7.83. The molecule has 0 unspecified atom stereocenters. The molecule has 3 aromatic rings. The zero-order valence-electron chi connectivity index (χ0n) is 23.0. The Kier molecular flexibility index (Phi) is 10.5. The number of nitrogens with one attached hydrogen (secondary N) is 1. The highest BCUT2D eigenvalue weighted by Crippen LogP contribution is 2.26. The maximum atomic E-state index is 13.9. The molecule has 0 aliphatic carbocycles. The minimum Gasteiger partial charge on any atom is -0.494 e. The van der Waals surface area contributed by atoms with Crippen LogP contribution in [-0.2, 0) is 26.2 Å². The van der Waals surface area contributed by atoms with E-state index in [0.29, 0.717) is 24.6 Å². The quantitative estimate of drug-likeness (QED) is 0.337. The first-order valence-electron chi connectivity index (χ1n) is 13.1. The van der Waals surface area contributed by atoms with E-state index >= 15 is 0 Å². The first-order chi connectivity index (χ1) is 18.7. The number of anilines is 1. The Bertz CT molecular complexity index is 1340. The van der Waals surface area contributed by atoms with Gasteiger partial charge < -0.3 is 15.0 Å². The van der Waals surface area contributed by atoms with Crippen molar-refractivity contribution in [2.24, 2.45) is 0 Å². The van der Waals surface area contributed by atoms with E-state index in [9.17, 15) is 18.0 Å². The summed E-state index contributed by atoms with van der Waals surface area (Å²) in [5, 5.41) is 2.84. The summed E-state index contributed by atoms with van der Waals surface area (Å²) in [6.07, 6.45) is 0.756. The highest BCUT2D eigenvalue weighted by atomic mass is 32.2. The topological polar surface area (TPSA) is 96.0 Å². The van der Waals surface area contributed by atoms with E-state index in [1.54, 1.807) is 49.4 Å². The number of sulfonamides is 1. The number of nitrogens with zero attached hydrogens (tertiary/aromatic N) is 2. The number of aryl methyl sites for hydroxylation is 1. The number of amides is 2. The van der Waals surface area contributed by atoms with Crippen LogP contribution in [-0.4, -0.2) is 50.9 Å². The molecule has 1 N–H and O–H groups in total. The summed E-state index contributed by atoms with van der Waals surface area (Å²) >= 11 is 0. The van der Waals surface area contributed by atoms with Gasteiger partial charge in [-0.15, -0.1) is 0 Å². The van der Waals surface area contributed by atoms with Gasteiger partial charge in [-0.05, 0) is 69.2 Å². The van der Waals surface area contributed by atoms with Crippen LogP contribution in [0.1, 0.15) is 38.3 Å². The van der Waals surface area contributed by atoms with Crippen LogP contribution in [0.4, 0.5) is 5.69 Å². The predicted octanol–water partition coefficient (Wildman–Crippen LogP) is 4.53. The van der Waals surface area contributed by atoms with Crippen LogP contribution in [0.25, 0.3) is 0 Å². The molecule has 2 amide bonds. The molecule has 0 aliphatic rings. The molecule has 0 aliphatic heterocycles. The Hall–Kier alpha value is -3.85. The van der Waals surface area contributed by atoms with Gasteiger partial charge in [0, 0.05) is 13.1 Å². The molecule has 0 saturated heterocycles. The Morgan fingerprint density at radius 3 is 2.26 bits per heavy atom. The molecule has 0 saturated carbocycles. The highest BCUT2D eigenvalue weighted by molar-refractivity contribution is 7.92. The largest absolute Gasteiger partial charge is 0.494 e. The molecule has 0 fully saturated rings. The molecule has 0 aromatic heterocycles. The molecule has 0 radical (unpaired) electrons. The van der Waals surface area contributed by atoms with Crippen LogP contribution in [0, 0.1) is 6.92 Å². The van der Waals surface area contributed by atoms with Crippen molar-refractivity contribution in [3.8, 4) is 5.75 Å². The van der Waals surface area contributed by atoms with E-state index in [2.05, 4.69) is 5.32 Å². The first kappa shape index (κ1) is 29.7. The van der Waals surface area contributed by atoms with Gasteiger partial charge >= 0.3 is 0 Å². The number of hydrogen-bond donors (Lipinski definition) is 1. The minimum absolute atomic E-state index is 0.0292. The number of ether oxygens (including phenoxy) is 1. The number of para-hydroxylation sites is 1. The molecule has 1 atom stereocenters. The molecule has 9 heteroatoms. The van der Waals surface area contributed by atoms with Gasteiger partial charge in [0.1, 0.15) is 18.3 Å². The number of hydrogen-bond acceptors (Lipinski definition) is 5. The fourth-order valence-electron chi connectivity index (χ4n) is 4.11. The second kappa shape index (κ2) is 13.8. The van der Waals surface area contributed by atoms with Crippen LogP contribution in [0.5, 0.6) is 5.75 Å². The Morgan fingerprint density at radius 1 is 0.949 bits per heavy atom. The zero-order chi connectivity index (χ0) is 28.4. The minimum atomic E-state index is -4.12. The molecular weight excluding hydrogens is 514 g/mol. The summed E-state index contributed by atoms with van der Waals surface area (Å²) in [6, 6.07) is 21.5. The normalized spacial score (nSPS) is 11.9. The fraction of sp³-hybridized carbons (Fsp3) is 0.333. The van der Waals surface area contributed by atoms with Crippen molar-refractivity contribution < 1.29 is 22.7 Å². The van der Waals surface area contributed by atoms with E-state index in [-0.39, 0.29) is 17.3 Å². The van der Waals surface area contributed by atoms with Crippen LogP contribution in [0.2, 0.25) is 0 Å². The molecule has 3 rings (SSSR count). The lowest BCUT2D eigenvalue weighted by Gasteiger charge is -2.32.